The molecule has 1 aliphatic heterocycles. The van der Waals surface area contributed by atoms with Gasteiger partial charge in [-0.15, -0.1) is 0 Å². The Morgan fingerprint density at radius 1 is 1.11 bits per heavy atom. The molecule has 2 atom stereocenters. The summed E-state index contributed by atoms with van der Waals surface area (Å²) < 4.78 is 1.80. The van der Waals surface area contributed by atoms with E-state index in [0.717, 1.165) is 16.5 Å². The van der Waals surface area contributed by atoms with Crippen molar-refractivity contribution in [2.75, 3.05) is 13.1 Å². The molecule has 3 amide bonds. The van der Waals surface area contributed by atoms with Crippen molar-refractivity contribution in [3.63, 3.8) is 0 Å². The van der Waals surface area contributed by atoms with Crippen molar-refractivity contribution < 1.29 is 14.4 Å². The number of benzene rings is 1. The number of amides is 3. The molecule has 0 radical (unpaired) electrons. The molecule has 4 rings (SSSR count). The van der Waals surface area contributed by atoms with E-state index in [9.17, 15) is 14.4 Å². The van der Waals surface area contributed by atoms with Gasteiger partial charge in [-0.3, -0.25) is 14.4 Å². The number of carbonyl (C=O) groups is 3. The smallest absolute Gasteiger partial charge is 0.243 e. The average Bonchev–Trinajstić information content (AvgIpc) is 3.42. The Morgan fingerprint density at radius 2 is 1.89 bits per heavy atom. The number of hydrogen-bond donors (Lipinski definition) is 3. The van der Waals surface area contributed by atoms with Crippen LogP contribution in [0.4, 0.5) is 0 Å². The van der Waals surface area contributed by atoms with E-state index in [4.69, 9.17) is 0 Å². The molecule has 10 nitrogen and oxygen atoms in total. The first-order valence-corrected chi connectivity index (χ1v) is 13.0. The van der Waals surface area contributed by atoms with Crippen LogP contribution < -0.4 is 10.6 Å². The average molecular weight is 508 g/mol. The van der Waals surface area contributed by atoms with Gasteiger partial charge in [0.15, 0.2) is 0 Å². The summed E-state index contributed by atoms with van der Waals surface area (Å²) in [5, 5.41) is 11.7. The lowest BCUT2D eigenvalue weighted by Gasteiger charge is -2.26. The molecule has 37 heavy (non-hydrogen) atoms. The fraction of sp³-hybridized carbons (Fsp3) is 0.519. The van der Waals surface area contributed by atoms with Gasteiger partial charge in [0.1, 0.15) is 17.7 Å². The minimum Gasteiger partial charge on any atom is -0.361 e. The predicted octanol–water partition coefficient (Wildman–Crippen LogP) is 2.64. The molecular formula is C27H37N7O3. The predicted molar refractivity (Wildman–Crippen MR) is 141 cm³/mol. The van der Waals surface area contributed by atoms with Crippen molar-refractivity contribution in [1.29, 1.82) is 0 Å². The van der Waals surface area contributed by atoms with E-state index in [0.29, 0.717) is 50.5 Å². The molecule has 1 aromatic carbocycles. The quantitative estimate of drug-likeness (QED) is 0.501. The van der Waals surface area contributed by atoms with Crippen LogP contribution in [0, 0.1) is 12.8 Å². The van der Waals surface area contributed by atoms with Gasteiger partial charge in [0, 0.05) is 50.0 Å². The highest BCUT2D eigenvalue weighted by Crippen LogP contribution is 2.23. The number of fused-ring (bicyclic) bond motifs is 2. The zero-order valence-electron chi connectivity index (χ0n) is 22.1. The number of aryl methyl sites for hydroxylation is 1. The van der Waals surface area contributed by atoms with Crippen LogP contribution in [-0.2, 0) is 27.3 Å². The normalized spacial score (nSPS) is 19.9. The second kappa shape index (κ2) is 11.6. The standard InChI is InChI=1S/C27H37N7O3/c1-17(2)14-23-26-29-18(3)32-34(26)13-12-33(19(4)35)11-7-10-25(36)30-24(27(37)31-23)15-20-16-28-22-9-6-5-8-21(20)22/h5-6,8-9,16-17,23-24,28H,7,10-15H2,1-4H3,(H,30,36)(H,31,37)/t23-,24+/m0/s1. The summed E-state index contributed by atoms with van der Waals surface area (Å²) in [7, 11) is 0. The number of nitrogens with zero attached hydrogens (tertiary/aromatic N) is 4. The largest absolute Gasteiger partial charge is 0.361 e. The van der Waals surface area contributed by atoms with Crippen molar-refractivity contribution in [1.82, 2.24) is 35.3 Å². The fourth-order valence-corrected chi connectivity index (χ4v) is 4.94. The van der Waals surface area contributed by atoms with E-state index in [2.05, 4.69) is 39.5 Å². The van der Waals surface area contributed by atoms with Gasteiger partial charge in [-0.2, -0.15) is 5.10 Å². The first-order valence-electron chi connectivity index (χ1n) is 13.0. The Bertz CT molecular complexity index is 1260. The lowest BCUT2D eigenvalue weighted by Crippen LogP contribution is -2.49. The Hall–Kier alpha value is -3.69. The minimum absolute atomic E-state index is 0.0462. The third-order valence-electron chi connectivity index (χ3n) is 6.75. The molecule has 0 spiro atoms. The van der Waals surface area contributed by atoms with Crippen molar-refractivity contribution in [2.24, 2.45) is 5.92 Å². The van der Waals surface area contributed by atoms with Gasteiger partial charge in [0.2, 0.25) is 17.7 Å². The number of hydrogen-bond acceptors (Lipinski definition) is 5. The van der Waals surface area contributed by atoms with Crippen molar-refractivity contribution >= 4 is 28.6 Å². The minimum atomic E-state index is -0.759. The maximum absolute atomic E-state index is 13.7. The van der Waals surface area contributed by atoms with Crippen molar-refractivity contribution in [3.05, 3.63) is 47.7 Å². The molecule has 3 aromatic rings. The molecule has 0 unspecified atom stereocenters. The van der Waals surface area contributed by atoms with Crippen molar-refractivity contribution in [3.8, 4) is 0 Å². The van der Waals surface area contributed by atoms with E-state index in [1.54, 1.807) is 9.58 Å². The fourth-order valence-electron chi connectivity index (χ4n) is 4.94. The number of H-pyrrole nitrogens is 1. The van der Waals surface area contributed by atoms with E-state index < -0.39 is 6.04 Å². The monoisotopic (exact) mass is 507 g/mol. The number of aromatic amines is 1. The highest BCUT2D eigenvalue weighted by atomic mass is 16.2. The Labute approximate surface area is 217 Å². The second-order valence-electron chi connectivity index (χ2n) is 10.2. The first kappa shape index (κ1) is 26.4. The summed E-state index contributed by atoms with van der Waals surface area (Å²) in [5.74, 6) is 1.05. The topological polar surface area (TPSA) is 125 Å². The highest BCUT2D eigenvalue weighted by molar-refractivity contribution is 5.89. The number of rotatable bonds is 4. The molecule has 0 aliphatic carbocycles. The third-order valence-corrected chi connectivity index (χ3v) is 6.75. The van der Waals surface area contributed by atoms with Gasteiger partial charge < -0.3 is 20.5 Å². The Morgan fingerprint density at radius 3 is 2.65 bits per heavy atom. The molecule has 1 aliphatic rings. The summed E-state index contributed by atoms with van der Waals surface area (Å²) in [6.07, 6.45) is 3.64. The third kappa shape index (κ3) is 6.55. The van der Waals surface area contributed by atoms with Crippen LogP contribution >= 0.6 is 0 Å². The second-order valence-corrected chi connectivity index (χ2v) is 10.2. The maximum atomic E-state index is 13.7. The van der Waals surface area contributed by atoms with Crippen LogP contribution in [0.25, 0.3) is 10.9 Å². The molecule has 3 N–H and O–H groups in total. The molecule has 0 saturated carbocycles. The number of aromatic nitrogens is 4. The number of nitrogens with one attached hydrogen (secondary N) is 3. The zero-order chi connectivity index (χ0) is 26.5. The van der Waals surface area contributed by atoms with Gasteiger partial charge in [-0.05, 0) is 37.3 Å². The maximum Gasteiger partial charge on any atom is 0.243 e. The van der Waals surface area contributed by atoms with Gasteiger partial charge in [0.05, 0.1) is 12.6 Å². The van der Waals surface area contributed by atoms with Crippen LogP contribution in [-0.4, -0.2) is 61.5 Å². The lowest BCUT2D eigenvalue weighted by atomic mass is 10.0. The molecule has 198 valence electrons. The van der Waals surface area contributed by atoms with Gasteiger partial charge in [0.25, 0.3) is 0 Å². The number of para-hydroxylation sites is 1. The molecule has 3 heterocycles. The van der Waals surface area contributed by atoms with Crippen LogP contribution in [0.2, 0.25) is 0 Å². The van der Waals surface area contributed by atoms with Crippen LogP contribution in [0.15, 0.2) is 30.5 Å². The van der Waals surface area contributed by atoms with Gasteiger partial charge >= 0.3 is 0 Å². The van der Waals surface area contributed by atoms with Crippen LogP contribution in [0.1, 0.15) is 63.3 Å². The summed E-state index contributed by atoms with van der Waals surface area (Å²) in [4.78, 5) is 48.5. The lowest BCUT2D eigenvalue weighted by molar-refractivity contribution is -0.130. The Balaban J connectivity index is 1.68. The zero-order valence-corrected chi connectivity index (χ0v) is 22.1. The van der Waals surface area contributed by atoms with E-state index in [1.807, 2.05) is 37.4 Å². The number of carbonyl (C=O) groups excluding carboxylic acids is 3. The molecule has 0 bridgehead atoms. The summed E-state index contributed by atoms with van der Waals surface area (Å²) >= 11 is 0. The summed E-state index contributed by atoms with van der Waals surface area (Å²) in [6.45, 7) is 8.92. The highest BCUT2D eigenvalue weighted by Gasteiger charge is 2.29. The van der Waals surface area contributed by atoms with E-state index >= 15 is 0 Å². The molecule has 10 heteroatoms. The molecule has 0 fully saturated rings. The van der Waals surface area contributed by atoms with E-state index in [1.165, 1.54) is 6.92 Å². The Kier molecular flexibility index (Phi) is 8.25. The molecule has 2 aromatic heterocycles. The SMILES string of the molecule is CC(=O)N1CCCC(=O)N[C@H](Cc2c[nH]c3ccccc23)C(=O)N[C@@H](CC(C)C)c2nc(C)nn2CC1. The summed E-state index contributed by atoms with van der Waals surface area (Å²) in [6, 6.07) is 6.76. The molecule has 0 saturated heterocycles. The van der Waals surface area contributed by atoms with Crippen LogP contribution in [0.5, 0.6) is 0 Å². The van der Waals surface area contributed by atoms with Gasteiger partial charge in [-0.25, -0.2) is 9.67 Å². The van der Waals surface area contributed by atoms with Crippen LogP contribution in [0.3, 0.4) is 0 Å². The van der Waals surface area contributed by atoms with Crippen molar-refractivity contribution in [2.45, 2.75) is 72.0 Å². The first-order chi connectivity index (χ1) is 17.7. The van der Waals surface area contributed by atoms with Gasteiger partial charge in [-0.1, -0.05) is 32.0 Å². The summed E-state index contributed by atoms with van der Waals surface area (Å²) in [5.41, 5.74) is 1.94. The van der Waals surface area contributed by atoms with E-state index in [-0.39, 0.29) is 36.1 Å². The molecular weight excluding hydrogens is 470 g/mol.